The van der Waals surface area contributed by atoms with E-state index in [1.54, 1.807) is 0 Å². The summed E-state index contributed by atoms with van der Waals surface area (Å²) in [6, 6.07) is 45.3. The number of nitrogens with zero attached hydrogens (tertiary/aromatic N) is 1. The van der Waals surface area contributed by atoms with Gasteiger partial charge in [0.15, 0.2) is 0 Å². The smallest absolute Gasteiger partial charge is 0.0538 e. The van der Waals surface area contributed by atoms with Crippen LogP contribution in [0.25, 0.3) is 44.4 Å². The average Bonchev–Trinajstić information content (AvgIpc) is 3.32. The van der Waals surface area contributed by atoms with Crippen molar-refractivity contribution in [2.75, 3.05) is 0 Å². The third-order valence-corrected chi connectivity index (χ3v) is 7.78. The van der Waals surface area contributed by atoms with Gasteiger partial charge in [-0.15, -0.1) is 0 Å². The maximum Gasteiger partial charge on any atom is 0.0538 e. The van der Waals surface area contributed by atoms with Gasteiger partial charge in [-0.25, -0.2) is 0 Å². The molecule has 5 aromatic carbocycles. The molecule has 1 aromatic heterocycles. The van der Waals surface area contributed by atoms with Crippen LogP contribution in [0.3, 0.4) is 0 Å². The van der Waals surface area contributed by atoms with Crippen molar-refractivity contribution in [3.8, 4) is 27.9 Å². The van der Waals surface area contributed by atoms with Crippen molar-refractivity contribution in [2.24, 2.45) is 0 Å². The Hall–Kier alpha value is -4.33. The first kappa shape index (κ1) is 22.8. The van der Waals surface area contributed by atoms with Gasteiger partial charge < -0.3 is 4.57 Å². The zero-order valence-electron chi connectivity index (χ0n) is 20.9. The number of hydrogen-bond donors (Lipinski definition) is 0. The summed E-state index contributed by atoms with van der Waals surface area (Å²) in [7, 11) is 0. The molecule has 38 heavy (non-hydrogen) atoms. The quantitative estimate of drug-likeness (QED) is 0.223. The maximum absolute atomic E-state index is 6.58. The molecule has 6 aromatic rings. The number of benzene rings is 5. The molecular formula is C36H26ClN. The Morgan fingerprint density at radius 1 is 0.553 bits per heavy atom. The van der Waals surface area contributed by atoms with Crippen LogP contribution in [-0.4, -0.2) is 4.57 Å². The summed E-state index contributed by atoms with van der Waals surface area (Å²) in [6.45, 7) is 0. The summed E-state index contributed by atoms with van der Waals surface area (Å²) in [5, 5.41) is 1.97. The fourth-order valence-corrected chi connectivity index (χ4v) is 5.97. The van der Waals surface area contributed by atoms with Gasteiger partial charge in [-0.3, -0.25) is 0 Å². The largest absolute Gasteiger partial charge is 0.313 e. The van der Waals surface area contributed by atoms with Crippen LogP contribution < -0.4 is 0 Å². The topological polar surface area (TPSA) is 4.93 Å². The highest BCUT2D eigenvalue weighted by Crippen LogP contribution is 2.42. The molecule has 0 fully saturated rings. The molecule has 0 N–H and O–H groups in total. The van der Waals surface area contributed by atoms with Crippen LogP contribution in [0.1, 0.15) is 23.2 Å². The predicted octanol–water partition coefficient (Wildman–Crippen LogP) is 10.00. The third-order valence-electron chi connectivity index (χ3n) is 7.54. The molecular weight excluding hydrogens is 482 g/mol. The van der Waals surface area contributed by atoms with Gasteiger partial charge in [-0.2, -0.15) is 0 Å². The van der Waals surface area contributed by atoms with E-state index in [9.17, 15) is 0 Å². The van der Waals surface area contributed by atoms with Gasteiger partial charge in [0.2, 0.25) is 0 Å². The van der Waals surface area contributed by atoms with Crippen molar-refractivity contribution < 1.29 is 0 Å². The average molecular weight is 508 g/mol. The summed E-state index contributed by atoms with van der Waals surface area (Å²) in [5.41, 5.74) is 12.5. The van der Waals surface area contributed by atoms with Gasteiger partial charge >= 0.3 is 0 Å². The van der Waals surface area contributed by atoms with Gasteiger partial charge in [-0.1, -0.05) is 115 Å². The summed E-state index contributed by atoms with van der Waals surface area (Å²) in [5.74, 6) is 0. The lowest BCUT2D eigenvalue weighted by atomic mass is 9.88. The van der Waals surface area contributed by atoms with Crippen molar-refractivity contribution >= 4 is 28.1 Å². The van der Waals surface area contributed by atoms with Gasteiger partial charge in [0.25, 0.3) is 0 Å². The molecule has 0 bridgehead atoms. The molecule has 1 nitrogen and oxygen atoms in total. The molecule has 0 spiro atoms. The minimum absolute atomic E-state index is 0.764. The lowest BCUT2D eigenvalue weighted by Crippen LogP contribution is -2.06. The molecule has 1 aliphatic rings. The van der Waals surface area contributed by atoms with Gasteiger partial charge in [0.1, 0.15) is 0 Å². The van der Waals surface area contributed by atoms with E-state index in [0.29, 0.717) is 0 Å². The molecule has 0 atom stereocenters. The molecule has 0 aliphatic heterocycles. The minimum Gasteiger partial charge on any atom is -0.313 e. The van der Waals surface area contributed by atoms with E-state index in [0.717, 1.165) is 17.9 Å². The first-order chi connectivity index (χ1) is 18.8. The van der Waals surface area contributed by atoms with Crippen LogP contribution in [-0.2, 0) is 6.42 Å². The Labute approximate surface area is 228 Å². The highest BCUT2D eigenvalue weighted by atomic mass is 35.5. The summed E-state index contributed by atoms with van der Waals surface area (Å²) in [6.07, 6.45) is 4.39. The summed E-state index contributed by atoms with van der Waals surface area (Å²) >= 11 is 6.58. The first-order valence-corrected chi connectivity index (χ1v) is 13.5. The number of allylic oxidation sites excluding steroid dienone is 1. The van der Waals surface area contributed by atoms with Crippen LogP contribution in [0.15, 0.2) is 133 Å². The molecule has 0 radical (unpaired) electrons. The second kappa shape index (κ2) is 9.52. The molecule has 0 unspecified atom stereocenters. The third kappa shape index (κ3) is 3.97. The van der Waals surface area contributed by atoms with Crippen molar-refractivity contribution in [1.29, 1.82) is 0 Å². The van der Waals surface area contributed by atoms with Crippen LogP contribution in [0.2, 0.25) is 5.02 Å². The fraction of sp³-hybridized carbons (Fsp3) is 0.0556. The van der Waals surface area contributed by atoms with E-state index in [1.807, 2.05) is 6.07 Å². The summed E-state index contributed by atoms with van der Waals surface area (Å²) in [4.78, 5) is 0. The molecule has 1 aliphatic carbocycles. The number of halogens is 1. The van der Waals surface area contributed by atoms with Gasteiger partial charge in [-0.05, 0) is 76.6 Å². The zero-order chi connectivity index (χ0) is 25.5. The molecule has 0 saturated carbocycles. The van der Waals surface area contributed by atoms with E-state index < -0.39 is 0 Å². The Morgan fingerprint density at radius 3 is 1.92 bits per heavy atom. The van der Waals surface area contributed by atoms with E-state index >= 15 is 0 Å². The lowest BCUT2D eigenvalue weighted by molar-refractivity contribution is 0.884. The molecule has 182 valence electrons. The number of aromatic nitrogens is 1. The predicted molar refractivity (Wildman–Crippen MR) is 161 cm³/mol. The monoisotopic (exact) mass is 507 g/mol. The second-order valence-electron chi connectivity index (χ2n) is 9.83. The van der Waals surface area contributed by atoms with Gasteiger partial charge in [0.05, 0.1) is 5.52 Å². The Balaban J connectivity index is 1.39. The Morgan fingerprint density at radius 2 is 1.18 bits per heavy atom. The van der Waals surface area contributed by atoms with Crippen LogP contribution in [0, 0.1) is 0 Å². The lowest BCUT2D eigenvalue weighted by Gasteiger charge is -2.19. The highest BCUT2D eigenvalue weighted by Gasteiger charge is 2.24. The number of fused-ring (bicyclic) bond motifs is 3. The highest BCUT2D eigenvalue weighted by molar-refractivity contribution is 6.31. The Bertz CT molecular complexity index is 1790. The molecule has 7 rings (SSSR count). The van der Waals surface area contributed by atoms with E-state index in [1.165, 1.54) is 61.2 Å². The van der Waals surface area contributed by atoms with Crippen LogP contribution in [0.4, 0.5) is 0 Å². The standard InChI is InChI=1S/C36H26ClN/c37-30-21-22-34-33(24-30)36-32(28-19-17-27(18-20-28)25-9-3-1-4-10-25)15-8-16-35(36)38(34)31-14-7-13-29(23-31)26-11-5-2-6-12-26/h1-7,9-15,17-24H,8,16H2. The Kier molecular flexibility index (Phi) is 5.72. The van der Waals surface area contributed by atoms with E-state index in [2.05, 4.69) is 132 Å². The molecule has 0 amide bonds. The SMILES string of the molecule is Clc1ccc2c(c1)c1c(n2-c2cccc(-c3ccccc3)c2)CCC=C1c1ccc(-c2ccccc2)cc1. The van der Waals surface area contributed by atoms with E-state index in [4.69, 9.17) is 11.6 Å². The molecule has 2 heteroatoms. The molecule has 1 heterocycles. The number of rotatable bonds is 4. The normalized spacial score (nSPS) is 12.8. The van der Waals surface area contributed by atoms with Crippen LogP contribution >= 0.6 is 11.6 Å². The fourth-order valence-electron chi connectivity index (χ4n) is 5.79. The number of hydrogen-bond acceptors (Lipinski definition) is 0. The van der Waals surface area contributed by atoms with E-state index in [-0.39, 0.29) is 0 Å². The van der Waals surface area contributed by atoms with Crippen molar-refractivity contribution in [3.63, 3.8) is 0 Å². The van der Waals surface area contributed by atoms with Crippen molar-refractivity contribution in [3.05, 3.63) is 155 Å². The zero-order valence-corrected chi connectivity index (χ0v) is 21.7. The van der Waals surface area contributed by atoms with Crippen molar-refractivity contribution in [1.82, 2.24) is 4.57 Å². The minimum atomic E-state index is 0.764. The first-order valence-electron chi connectivity index (χ1n) is 13.1. The summed E-state index contributed by atoms with van der Waals surface area (Å²) < 4.78 is 2.44. The molecule has 0 saturated heterocycles. The maximum atomic E-state index is 6.58. The van der Waals surface area contributed by atoms with Gasteiger partial charge in [0, 0.05) is 27.4 Å². The van der Waals surface area contributed by atoms with Crippen molar-refractivity contribution in [2.45, 2.75) is 12.8 Å². The van der Waals surface area contributed by atoms with Crippen LogP contribution in [0.5, 0.6) is 0 Å². The second-order valence-corrected chi connectivity index (χ2v) is 10.3.